The number of nitrogens with one attached hydrogen (secondary N) is 1. The zero-order chi connectivity index (χ0) is 11.8. The van der Waals surface area contributed by atoms with Crippen LogP contribution in [0.4, 0.5) is 0 Å². The number of para-hydroxylation sites is 1. The molecule has 3 heteroatoms. The maximum absolute atomic E-state index is 10.0. The monoisotopic (exact) mass is 233 g/mol. The molecule has 1 aromatic carbocycles. The Hall–Kier alpha value is -1.06. The molecule has 0 radical (unpaired) electrons. The fraction of sp³-hybridized carbons (Fsp3) is 0.385. The van der Waals surface area contributed by atoms with Crippen LogP contribution >= 0.6 is 0 Å². The van der Waals surface area contributed by atoms with E-state index in [-0.39, 0.29) is 0 Å². The lowest BCUT2D eigenvalue weighted by atomic mass is 10.1. The van der Waals surface area contributed by atoms with Crippen molar-refractivity contribution >= 4 is 19.2 Å². The Labute approximate surface area is 97.4 Å². The molecule has 2 N–H and O–H groups in total. The number of aromatic amines is 1. The van der Waals surface area contributed by atoms with Crippen molar-refractivity contribution in [2.75, 3.05) is 0 Å². The maximum atomic E-state index is 10.0. The number of fused-ring (bicyclic) bond motifs is 1. The van der Waals surface area contributed by atoms with Crippen LogP contribution < -0.4 is 0 Å². The summed E-state index contributed by atoms with van der Waals surface area (Å²) in [6.45, 7) is 6.13. The summed E-state index contributed by atoms with van der Waals surface area (Å²) in [4.78, 5) is 13.3. The molecule has 2 rings (SSSR count). The first-order valence-electron chi connectivity index (χ1n) is 5.81. The largest absolute Gasteiger partial charge is 0.432 e. The molecule has 1 aromatic heterocycles. The number of H-pyrrole nitrogens is 1. The Kier molecular flexibility index (Phi) is 2.91. The highest BCUT2D eigenvalue weighted by Gasteiger charge is 2.19. The number of hydrogen-bond acceptors (Lipinski definition) is 1. The minimum Gasteiger partial charge on any atom is -0.432 e. The molecular weight excluding hydrogens is 214 g/mol. The van der Waals surface area contributed by atoms with Crippen molar-refractivity contribution in [2.24, 2.45) is 0 Å². The molecule has 0 atom stereocenters. The molecule has 0 amide bonds. The summed E-state index contributed by atoms with van der Waals surface area (Å²) < 4.78 is 0. The molecule has 0 aliphatic heterocycles. The Morgan fingerprint density at radius 3 is 2.62 bits per heavy atom. The smallest absolute Gasteiger partial charge is 0.186 e. The molecule has 1 heterocycles. The quantitative estimate of drug-likeness (QED) is 0.786. The molecule has 16 heavy (non-hydrogen) atoms. The van der Waals surface area contributed by atoms with Gasteiger partial charge in [0.15, 0.2) is 8.32 Å². The van der Waals surface area contributed by atoms with Crippen molar-refractivity contribution < 1.29 is 4.80 Å². The van der Waals surface area contributed by atoms with E-state index in [2.05, 4.69) is 36.3 Å². The first-order valence-corrected chi connectivity index (χ1v) is 8.97. The van der Waals surface area contributed by atoms with Gasteiger partial charge in [0.05, 0.1) is 0 Å². The molecule has 86 valence electrons. The van der Waals surface area contributed by atoms with Gasteiger partial charge >= 0.3 is 0 Å². The van der Waals surface area contributed by atoms with Gasteiger partial charge in [0, 0.05) is 17.1 Å². The van der Waals surface area contributed by atoms with Gasteiger partial charge in [-0.1, -0.05) is 25.1 Å². The predicted molar refractivity (Wildman–Crippen MR) is 71.1 cm³/mol. The number of aromatic nitrogens is 1. The minimum absolute atomic E-state index is 0.820. The normalized spacial score (nSPS) is 12.2. The van der Waals surface area contributed by atoms with E-state index in [1.807, 2.05) is 13.1 Å². The zero-order valence-corrected chi connectivity index (χ0v) is 11.2. The number of benzene rings is 1. The predicted octanol–water partition coefficient (Wildman–Crippen LogP) is 3.01. The summed E-state index contributed by atoms with van der Waals surface area (Å²) in [6.07, 6.45) is 3.09. The zero-order valence-electron chi connectivity index (χ0n) is 10.2. The average Bonchev–Trinajstić information content (AvgIpc) is 2.59. The Bertz CT molecular complexity index is 496. The second-order valence-corrected chi connectivity index (χ2v) is 8.97. The van der Waals surface area contributed by atoms with E-state index in [4.69, 9.17) is 0 Å². The van der Waals surface area contributed by atoms with E-state index < -0.39 is 8.32 Å². The minimum atomic E-state index is -2.03. The Morgan fingerprint density at radius 1 is 1.25 bits per heavy atom. The standard InChI is InChI=1S/C13H19NOSi/c1-4-10-6-5-7-12-11(8-14-13(10)12)9-16(2,3)15/h5-8,14-15H,4,9H2,1-3H3. The van der Waals surface area contributed by atoms with E-state index in [1.54, 1.807) is 0 Å². The van der Waals surface area contributed by atoms with Crippen molar-refractivity contribution in [3.8, 4) is 0 Å². The Balaban J connectivity index is 2.49. The molecule has 0 aliphatic carbocycles. The number of aryl methyl sites for hydroxylation is 1. The number of hydrogen-bond donors (Lipinski definition) is 2. The van der Waals surface area contributed by atoms with Crippen molar-refractivity contribution in [1.29, 1.82) is 0 Å². The van der Waals surface area contributed by atoms with Gasteiger partial charge in [-0.25, -0.2) is 0 Å². The van der Waals surface area contributed by atoms with Gasteiger partial charge < -0.3 is 9.78 Å². The van der Waals surface area contributed by atoms with Gasteiger partial charge in [0.2, 0.25) is 0 Å². The van der Waals surface area contributed by atoms with E-state index >= 15 is 0 Å². The maximum Gasteiger partial charge on any atom is 0.186 e. The van der Waals surface area contributed by atoms with Gasteiger partial charge in [-0.05, 0) is 36.7 Å². The van der Waals surface area contributed by atoms with Crippen LogP contribution in [0.1, 0.15) is 18.1 Å². The van der Waals surface area contributed by atoms with E-state index in [9.17, 15) is 4.80 Å². The number of rotatable bonds is 3. The molecule has 0 bridgehead atoms. The van der Waals surface area contributed by atoms with Crippen LogP contribution in [0.3, 0.4) is 0 Å². The summed E-state index contributed by atoms with van der Waals surface area (Å²) in [6, 6.07) is 7.22. The van der Waals surface area contributed by atoms with Crippen molar-refractivity contribution in [2.45, 2.75) is 32.5 Å². The van der Waals surface area contributed by atoms with Gasteiger partial charge in [0.25, 0.3) is 0 Å². The molecular formula is C13H19NOSi. The lowest BCUT2D eigenvalue weighted by Crippen LogP contribution is -2.28. The lowest BCUT2D eigenvalue weighted by molar-refractivity contribution is 0.549. The molecule has 0 aliphatic rings. The highest BCUT2D eigenvalue weighted by molar-refractivity contribution is 6.69. The van der Waals surface area contributed by atoms with Crippen molar-refractivity contribution in [3.05, 3.63) is 35.5 Å². The Morgan fingerprint density at radius 2 is 2.00 bits per heavy atom. The van der Waals surface area contributed by atoms with E-state index in [0.717, 1.165) is 12.5 Å². The molecule has 0 fully saturated rings. The fourth-order valence-corrected chi connectivity index (χ4v) is 3.41. The highest BCUT2D eigenvalue weighted by atomic mass is 28.4. The van der Waals surface area contributed by atoms with Gasteiger partial charge in [0.1, 0.15) is 0 Å². The third-order valence-corrected chi connectivity index (χ3v) is 4.14. The summed E-state index contributed by atoms with van der Waals surface area (Å²) in [5.41, 5.74) is 3.84. The van der Waals surface area contributed by atoms with Crippen LogP contribution in [0.2, 0.25) is 13.1 Å². The fourth-order valence-electron chi connectivity index (χ4n) is 2.18. The summed E-state index contributed by atoms with van der Waals surface area (Å²) in [5, 5.41) is 1.27. The van der Waals surface area contributed by atoms with Crippen LogP contribution in [0.15, 0.2) is 24.4 Å². The molecule has 0 unspecified atom stereocenters. The average molecular weight is 233 g/mol. The molecule has 0 saturated carbocycles. The highest BCUT2D eigenvalue weighted by Crippen LogP contribution is 2.24. The third kappa shape index (κ3) is 2.20. The summed E-state index contributed by atoms with van der Waals surface area (Å²) in [5.74, 6) is 0. The van der Waals surface area contributed by atoms with E-state index in [1.165, 1.54) is 22.0 Å². The first kappa shape index (κ1) is 11.4. The van der Waals surface area contributed by atoms with Crippen molar-refractivity contribution in [1.82, 2.24) is 4.98 Å². The van der Waals surface area contributed by atoms with Gasteiger partial charge in [-0.2, -0.15) is 0 Å². The van der Waals surface area contributed by atoms with Crippen LogP contribution in [0.5, 0.6) is 0 Å². The SMILES string of the molecule is CCc1cccc2c(C[Si](C)(C)O)c[nH]c12. The summed E-state index contributed by atoms with van der Waals surface area (Å²) in [7, 11) is -2.03. The topological polar surface area (TPSA) is 36.0 Å². The second kappa shape index (κ2) is 4.07. The lowest BCUT2D eigenvalue weighted by Gasteiger charge is -2.12. The molecule has 0 spiro atoms. The van der Waals surface area contributed by atoms with Crippen LogP contribution in [0.25, 0.3) is 10.9 Å². The molecule has 2 nitrogen and oxygen atoms in total. The summed E-state index contributed by atoms with van der Waals surface area (Å²) >= 11 is 0. The van der Waals surface area contributed by atoms with Crippen LogP contribution in [-0.4, -0.2) is 18.1 Å². The van der Waals surface area contributed by atoms with Gasteiger partial charge in [-0.15, -0.1) is 0 Å². The van der Waals surface area contributed by atoms with Gasteiger partial charge in [-0.3, -0.25) is 0 Å². The van der Waals surface area contributed by atoms with Crippen molar-refractivity contribution in [3.63, 3.8) is 0 Å². The van der Waals surface area contributed by atoms with E-state index in [0.29, 0.717) is 0 Å². The van der Waals surface area contributed by atoms with Crippen LogP contribution in [0, 0.1) is 0 Å². The third-order valence-electron chi connectivity index (χ3n) is 2.89. The second-order valence-electron chi connectivity index (χ2n) is 5.00. The molecule has 2 aromatic rings. The first-order chi connectivity index (χ1) is 7.51. The van der Waals surface area contributed by atoms with Crippen LogP contribution in [-0.2, 0) is 12.5 Å². The molecule has 0 saturated heterocycles.